The van der Waals surface area contributed by atoms with Gasteiger partial charge in [0.05, 0.1) is 12.2 Å². The lowest BCUT2D eigenvalue weighted by Gasteiger charge is -2.08. The van der Waals surface area contributed by atoms with E-state index in [1.54, 1.807) is 0 Å². The molecular formula is C15H24N4. The fraction of sp³-hybridized carbons (Fsp3) is 0.533. The number of hydrogen-bond acceptors (Lipinski definition) is 2. The fourth-order valence-corrected chi connectivity index (χ4v) is 2.16. The maximum atomic E-state index is 5.81. The predicted octanol–water partition coefficient (Wildman–Crippen LogP) is 2.59. The van der Waals surface area contributed by atoms with Crippen LogP contribution in [0.3, 0.4) is 0 Å². The molecule has 2 unspecified atom stereocenters. The van der Waals surface area contributed by atoms with E-state index in [4.69, 9.17) is 5.73 Å². The third-order valence-electron chi connectivity index (χ3n) is 3.42. The minimum absolute atomic E-state index is 0.209. The minimum atomic E-state index is 0.209. The van der Waals surface area contributed by atoms with Crippen molar-refractivity contribution in [1.82, 2.24) is 14.3 Å². The Balaban J connectivity index is 2.00. The molecule has 0 spiro atoms. The molecule has 0 saturated heterocycles. The van der Waals surface area contributed by atoms with E-state index >= 15 is 0 Å². The number of hydrogen-bond donors (Lipinski definition) is 1. The largest absolute Gasteiger partial charge is 0.348 e. The zero-order valence-corrected chi connectivity index (χ0v) is 12.1. The van der Waals surface area contributed by atoms with Gasteiger partial charge in [0.25, 0.3) is 0 Å². The van der Waals surface area contributed by atoms with Crippen molar-refractivity contribution < 1.29 is 0 Å². The van der Waals surface area contributed by atoms with Crippen molar-refractivity contribution in [2.24, 2.45) is 5.73 Å². The van der Waals surface area contributed by atoms with Crippen LogP contribution in [0.4, 0.5) is 0 Å². The summed E-state index contributed by atoms with van der Waals surface area (Å²) in [4.78, 5) is 0. The Hall–Kier alpha value is -1.55. The summed E-state index contributed by atoms with van der Waals surface area (Å²) in [7, 11) is 0. The van der Waals surface area contributed by atoms with Crippen LogP contribution in [0.5, 0.6) is 0 Å². The highest BCUT2D eigenvalue weighted by Gasteiger charge is 2.06. The van der Waals surface area contributed by atoms with E-state index in [0.717, 1.165) is 25.1 Å². The first-order valence-corrected chi connectivity index (χ1v) is 7.02. The van der Waals surface area contributed by atoms with Crippen molar-refractivity contribution in [1.29, 1.82) is 0 Å². The molecule has 2 atom stereocenters. The molecule has 0 radical (unpaired) electrons. The maximum absolute atomic E-state index is 5.81. The van der Waals surface area contributed by atoms with Crippen LogP contribution in [0.1, 0.15) is 44.5 Å². The fourth-order valence-electron chi connectivity index (χ4n) is 2.16. The smallest absolute Gasteiger partial charge is 0.0821 e. The average molecular weight is 260 g/mol. The van der Waals surface area contributed by atoms with E-state index in [2.05, 4.69) is 54.2 Å². The van der Waals surface area contributed by atoms with Crippen molar-refractivity contribution in [2.45, 2.75) is 52.2 Å². The Kier molecular flexibility index (Phi) is 4.43. The Labute approximate surface area is 115 Å². The summed E-state index contributed by atoms with van der Waals surface area (Å²) in [6, 6.07) is 4.90. The standard InChI is InChI=1S/C15H24N4/c1-4-13(3)19-8-6-15(17-19)11-18-7-5-14(10-18)9-12(2)16/h5-8,10,12-13H,4,9,11,16H2,1-3H3. The zero-order chi connectivity index (χ0) is 13.8. The highest BCUT2D eigenvalue weighted by atomic mass is 15.3. The molecule has 0 aromatic carbocycles. The second-order valence-corrected chi connectivity index (χ2v) is 5.42. The zero-order valence-electron chi connectivity index (χ0n) is 12.1. The summed E-state index contributed by atoms with van der Waals surface area (Å²) < 4.78 is 4.21. The molecule has 19 heavy (non-hydrogen) atoms. The Bertz CT molecular complexity index is 510. The van der Waals surface area contributed by atoms with Gasteiger partial charge in [-0.1, -0.05) is 6.92 Å². The van der Waals surface area contributed by atoms with Crippen molar-refractivity contribution in [3.05, 3.63) is 42.0 Å². The van der Waals surface area contributed by atoms with E-state index in [1.165, 1.54) is 5.56 Å². The molecule has 104 valence electrons. The second kappa shape index (κ2) is 6.06. The number of nitrogens with two attached hydrogens (primary N) is 1. The van der Waals surface area contributed by atoms with Crippen molar-refractivity contribution >= 4 is 0 Å². The van der Waals surface area contributed by atoms with E-state index in [9.17, 15) is 0 Å². The van der Waals surface area contributed by atoms with Gasteiger partial charge in [-0.2, -0.15) is 5.10 Å². The SMILES string of the molecule is CCC(C)n1ccc(Cn2ccc(CC(C)N)c2)n1. The van der Waals surface area contributed by atoms with Crippen LogP contribution in [0, 0.1) is 0 Å². The van der Waals surface area contributed by atoms with Crippen LogP contribution in [0.2, 0.25) is 0 Å². The van der Waals surface area contributed by atoms with Gasteiger partial charge >= 0.3 is 0 Å². The summed E-state index contributed by atoms with van der Waals surface area (Å²) in [6.07, 6.45) is 8.35. The first-order valence-electron chi connectivity index (χ1n) is 7.02. The van der Waals surface area contributed by atoms with Crippen molar-refractivity contribution in [3.8, 4) is 0 Å². The van der Waals surface area contributed by atoms with Crippen LogP contribution in [0.15, 0.2) is 30.7 Å². The quantitative estimate of drug-likeness (QED) is 0.868. The summed E-state index contributed by atoms with van der Waals surface area (Å²) in [5.41, 5.74) is 8.20. The Morgan fingerprint density at radius 2 is 2.05 bits per heavy atom. The van der Waals surface area contributed by atoms with Crippen LogP contribution >= 0.6 is 0 Å². The molecule has 0 saturated carbocycles. The second-order valence-electron chi connectivity index (χ2n) is 5.42. The third kappa shape index (κ3) is 3.70. The van der Waals surface area contributed by atoms with Crippen molar-refractivity contribution in [2.75, 3.05) is 0 Å². The number of rotatable bonds is 6. The molecule has 0 fully saturated rings. The van der Waals surface area contributed by atoms with Crippen LogP contribution in [-0.2, 0) is 13.0 Å². The maximum Gasteiger partial charge on any atom is 0.0821 e. The van der Waals surface area contributed by atoms with Crippen LogP contribution in [0.25, 0.3) is 0 Å². The normalized spacial score (nSPS) is 14.5. The summed E-state index contributed by atoms with van der Waals surface area (Å²) in [5, 5.41) is 4.62. The molecule has 2 N–H and O–H groups in total. The van der Waals surface area contributed by atoms with Gasteiger partial charge in [-0.3, -0.25) is 4.68 Å². The minimum Gasteiger partial charge on any atom is -0.348 e. The van der Waals surface area contributed by atoms with Gasteiger partial charge in [-0.05, 0) is 44.4 Å². The molecule has 2 rings (SSSR count). The van der Waals surface area contributed by atoms with E-state index in [1.807, 2.05) is 11.6 Å². The highest BCUT2D eigenvalue weighted by Crippen LogP contribution is 2.11. The van der Waals surface area contributed by atoms with Crippen LogP contribution < -0.4 is 5.73 Å². The van der Waals surface area contributed by atoms with E-state index in [0.29, 0.717) is 6.04 Å². The molecule has 0 bridgehead atoms. The molecule has 2 heterocycles. The van der Waals surface area contributed by atoms with Gasteiger partial charge < -0.3 is 10.3 Å². The van der Waals surface area contributed by atoms with Gasteiger partial charge in [-0.25, -0.2) is 0 Å². The van der Waals surface area contributed by atoms with Gasteiger partial charge in [0.15, 0.2) is 0 Å². The highest BCUT2D eigenvalue weighted by molar-refractivity contribution is 5.13. The molecule has 0 aliphatic heterocycles. The number of nitrogens with zero attached hydrogens (tertiary/aromatic N) is 3. The van der Waals surface area contributed by atoms with Gasteiger partial charge in [0.1, 0.15) is 0 Å². The number of aromatic nitrogens is 3. The first kappa shape index (κ1) is 13.9. The first-order chi connectivity index (χ1) is 9.08. The van der Waals surface area contributed by atoms with E-state index in [-0.39, 0.29) is 6.04 Å². The van der Waals surface area contributed by atoms with E-state index < -0.39 is 0 Å². The van der Waals surface area contributed by atoms with Gasteiger partial charge in [-0.15, -0.1) is 0 Å². The molecular weight excluding hydrogens is 236 g/mol. The monoisotopic (exact) mass is 260 g/mol. The summed E-state index contributed by atoms with van der Waals surface area (Å²) in [5.74, 6) is 0. The van der Waals surface area contributed by atoms with Crippen LogP contribution in [-0.4, -0.2) is 20.4 Å². The van der Waals surface area contributed by atoms with Gasteiger partial charge in [0, 0.05) is 30.7 Å². The Morgan fingerprint density at radius 3 is 2.74 bits per heavy atom. The molecule has 0 amide bonds. The molecule has 4 heteroatoms. The molecule has 2 aromatic heterocycles. The lowest BCUT2D eigenvalue weighted by molar-refractivity contribution is 0.472. The van der Waals surface area contributed by atoms with Crippen molar-refractivity contribution in [3.63, 3.8) is 0 Å². The third-order valence-corrected chi connectivity index (χ3v) is 3.42. The topological polar surface area (TPSA) is 48.8 Å². The Morgan fingerprint density at radius 1 is 1.26 bits per heavy atom. The summed E-state index contributed by atoms with van der Waals surface area (Å²) >= 11 is 0. The molecule has 0 aliphatic carbocycles. The lowest BCUT2D eigenvalue weighted by atomic mass is 10.1. The molecule has 2 aromatic rings. The predicted molar refractivity (Wildman–Crippen MR) is 78.1 cm³/mol. The average Bonchev–Trinajstić information content (AvgIpc) is 2.98. The molecule has 0 aliphatic rings. The molecule has 4 nitrogen and oxygen atoms in total. The lowest BCUT2D eigenvalue weighted by Crippen LogP contribution is -2.17. The summed E-state index contributed by atoms with van der Waals surface area (Å²) in [6.45, 7) is 7.22. The van der Waals surface area contributed by atoms with Gasteiger partial charge in [0.2, 0.25) is 0 Å².